The number of fused-ring (bicyclic) bond motifs is 3. The Bertz CT molecular complexity index is 1070. The van der Waals surface area contributed by atoms with Crippen molar-refractivity contribution in [2.45, 2.75) is 0 Å². The van der Waals surface area contributed by atoms with Gasteiger partial charge in [0.1, 0.15) is 23.5 Å². The third-order valence-electron chi connectivity index (χ3n) is 3.86. The molecule has 8 nitrogen and oxygen atoms in total. The fraction of sp³-hybridized carbons (Fsp3) is 0.0625. The van der Waals surface area contributed by atoms with E-state index in [9.17, 15) is 10.1 Å². The van der Waals surface area contributed by atoms with Gasteiger partial charge in [0.05, 0.1) is 10.4 Å². The van der Waals surface area contributed by atoms with Crippen molar-refractivity contribution in [3.8, 4) is 0 Å². The number of anilines is 2. The number of nitro groups is 1. The Balaban J connectivity index is 1.73. The highest BCUT2D eigenvalue weighted by atomic mass is 16.6. The number of nitrogens with one attached hydrogen (secondary N) is 1. The maximum absolute atomic E-state index is 10.7. The molecule has 4 aromatic rings. The zero-order valence-corrected chi connectivity index (χ0v) is 12.7. The van der Waals surface area contributed by atoms with Gasteiger partial charge in [0, 0.05) is 36.3 Å². The van der Waals surface area contributed by atoms with E-state index in [4.69, 9.17) is 0 Å². The Morgan fingerprint density at radius 2 is 1.92 bits per heavy atom. The van der Waals surface area contributed by atoms with Gasteiger partial charge in [-0.1, -0.05) is 0 Å². The van der Waals surface area contributed by atoms with Crippen molar-refractivity contribution >= 4 is 39.3 Å². The number of rotatable bonds is 3. The highest BCUT2D eigenvalue weighted by molar-refractivity contribution is 6.06. The van der Waals surface area contributed by atoms with E-state index in [-0.39, 0.29) is 5.69 Å². The van der Waals surface area contributed by atoms with E-state index in [1.807, 2.05) is 36.0 Å². The van der Waals surface area contributed by atoms with Crippen molar-refractivity contribution in [2.75, 3.05) is 5.32 Å². The van der Waals surface area contributed by atoms with Gasteiger partial charge < -0.3 is 9.88 Å². The van der Waals surface area contributed by atoms with Gasteiger partial charge in [-0.3, -0.25) is 15.1 Å². The van der Waals surface area contributed by atoms with E-state index >= 15 is 0 Å². The average molecular weight is 320 g/mol. The van der Waals surface area contributed by atoms with Crippen molar-refractivity contribution in [3.05, 3.63) is 59.0 Å². The molecule has 0 atom stereocenters. The molecule has 0 fully saturated rings. The predicted octanol–water partition coefficient (Wildman–Crippen LogP) is 3.17. The Morgan fingerprint density at radius 1 is 1.08 bits per heavy atom. The number of hydrogen-bond donors (Lipinski definition) is 1. The van der Waals surface area contributed by atoms with Crippen molar-refractivity contribution in [3.63, 3.8) is 0 Å². The van der Waals surface area contributed by atoms with Crippen LogP contribution in [-0.2, 0) is 7.05 Å². The number of aromatic nitrogens is 4. The smallest absolute Gasteiger partial charge is 0.287 e. The lowest BCUT2D eigenvalue weighted by molar-refractivity contribution is -0.385. The molecule has 118 valence electrons. The van der Waals surface area contributed by atoms with E-state index in [0.717, 1.165) is 21.9 Å². The van der Waals surface area contributed by atoms with Crippen LogP contribution in [0.5, 0.6) is 0 Å². The topological polar surface area (TPSA) is 98.8 Å². The minimum atomic E-state index is -0.482. The lowest BCUT2D eigenvalue weighted by atomic mass is 10.2. The minimum Gasteiger partial charge on any atom is -0.328 e. The van der Waals surface area contributed by atoms with E-state index in [0.29, 0.717) is 11.6 Å². The van der Waals surface area contributed by atoms with Crippen LogP contribution in [0.3, 0.4) is 0 Å². The van der Waals surface area contributed by atoms with E-state index in [1.54, 1.807) is 12.3 Å². The van der Waals surface area contributed by atoms with E-state index in [1.165, 1.54) is 12.3 Å². The number of nitrogens with zero attached hydrogens (tertiary/aromatic N) is 5. The molecule has 4 rings (SSSR count). The van der Waals surface area contributed by atoms with E-state index < -0.39 is 4.92 Å². The second kappa shape index (κ2) is 5.27. The van der Waals surface area contributed by atoms with Crippen LogP contribution in [-0.4, -0.2) is 24.4 Å². The summed E-state index contributed by atoms with van der Waals surface area (Å²) in [7, 11) is 1.95. The Morgan fingerprint density at radius 3 is 2.67 bits per heavy atom. The van der Waals surface area contributed by atoms with Gasteiger partial charge in [0.2, 0.25) is 0 Å². The van der Waals surface area contributed by atoms with Crippen molar-refractivity contribution in [1.29, 1.82) is 0 Å². The molecule has 0 aliphatic heterocycles. The van der Waals surface area contributed by atoms with Crippen LogP contribution in [0.2, 0.25) is 0 Å². The molecule has 0 saturated carbocycles. The van der Waals surface area contributed by atoms with E-state index in [2.05, 4.69) is 20.3 Å². The first-order valence-corrected chi connectivity index (χ1v) is 7.20. The summed E-state index contributed by atoms with van der Waals surface area (Å²) in [6.07, 6.45) is 4.79. The molecule has 0 bridgehead atoms. The van der Waals surface area contributed by atoms with Crippen LogP contribution in [0.4, 0.5) is 17.3 Å². The first-order valence-electron chi connectivity index (χ1n) is 7.20. The van der Waals surface area contributed by atoms with Gasteiger partial charge in [0.25, 0.3) is 5.69 Å². The van der Waals surface area contributed by atoms with Crippen LogP contribution < -0.4 is 5.32 Å². The lowest BCUT2D eigenvalue weighted by Crippen LogP contribution is -1.98. The highest BCUT2D eigenvalue weighted by Gasteiger charge is 2.11. The first kappa shape index (κ1) is 14.1. The average Bonchev–Trinajstić information content (AvgIpc) is 2.88. The monoisotopic (exact) mass is 320 g/mol. The largest absolute Gasteiger partial charge is 0.328 e. The summed E-state index contributed by atoms with van der Waals surface area (Å²) in [5.41, 5.74) is 1.83. The maximum atomic E-state index is 10.7. The molecule has 4 aromatic heterocycles. The zero-order valence-electron chi connectivity index (χ0n) is 12.7. The molecule has 0 aromatic carbocycles. The quantitative estimate of drug-likeness (QED) is 0.460. The second-order valence-electron chi connectivity index (χ2n) is 5.30. The van der Waals surface area contributed by atoms with Gasteiger partial charge in [0.15, 0.2) is 0 Å². The standard InChI is InChI=1S/C16H12N6O2/c1-21-13-6-7-17-9-12(13)11-3-5-15(20-16(11)21)19-14-4-2-10(8-18-14)22(23)24/h2-9H,1H3,(H,18,19,20). The summed E-state index contributed by atoms with van der Waals surface area (Å²) in [5, 5.41) is 15.8. The Kier molecular flexibility index (Phi) is 3.09. The molecule has 0 unspecified atom stereocenters. The predicted molar refractivity (Wildman–Crippen MR) is 90.2 cm³/mol. The molecule has 0 aliphatic rings. The Hall–Kier alpha value is -3.55. The molecular weight excluding hydrogens is 308 g/mol. The van der Waals surface area contributed by atoms with Crippen LogP contribution in [0.1, 0.15) is 0 Å². The number of aryl methyl sites for hydroxylation is 1. The normalized spacial score (nSPS) is 11.0. The molecule has 0 saturated heterocycles. The van der Waals surface area contributed by atoms with Gasteiger partial charge in [-0.2, -0.15) is 0 Å². The lowest BCUT2D eigenvalue weighted by Gasteiger charge is -2.05. The second-order valence-corrected chi connectivity index (χ2v) is 5.30. The number of pyridine rings is 3. The highest BCUT2D eigenvalue weighted by Crippen LogP contribution is 2.27. The van der Waals surface area contributed by atoms with Crippen molar-refractivity contribution in [2.24, 2.45) is 7.05 Å². The fourth-order valence-corrected chi connectivity index (χ4v) is 2.68. The molecular formula is C16H12N6O2. The van der Waals surface area contributed by atoms with Gasteiger partial charge >= 0.3 is 0 Å². The SMILES string of the molecule is Cn1c2ccncc2c2ccc(Nc3ccc([N+](=O)[O-])cn3)nc21. The summed E-state index contributed by atoms with van der Waals surface area (Å²) >= 11 is 0. The summed E-state index contributed by atoms with van der Waals surface area (Å²) in [5.74, 6) is 1.11. The third kappa shape index (κ3) is 2.21. The van der Waals surface area contributed by atoms with Crippen LogP contribution in [0, 0.1) is 10.1 Å². The van der Waals surface area contributed by atoms with Gasteiger partial charge in [-0.05, 0) is 24.3 Å². The molecule has 0 spiro atoms. The summed E-state index contributed by atoms with van der Waals surface area (Å²) in [6, 6.07) is 8.71. The molecule has 0 amide bonds. The van der Waals surface area contributed by atoms with Crippen LogP contribution >= 0.6 is 0 Å². The summed E-state index contributed by atoms with van der Waals surface area (Å²) < 4.78 is 2.00. The van der Waals surface area contributed by atoms with Crippen LogP contribution in [0.15, 0.2) is 48.9 Å². The number of hydrogen-bond acceptors (Lipinski definition) is 6. The van der Waals surface area contributed by atoms with Gasteiger partial charge in [-0.15, -0.1) is 0 Å². The zero-order chi connectivity index (χ0) is 16.7. The molecule has 24 heavy (non-hydrogen) atoms. The van der Waals surface area contributed by atoms with Crippen molar-refractivity contribution in [1.82, 2.24) is 19.5 Å². The molecule has 0 aliphatic carbocycles. The maximum Gasteiger partial charge on any atom is 0.287 e. The molecule has 4 heterocycles. The fourth-order valence-electron chi connectivity index (χ4n) is 2.68. The summed E-state index contributed by atoms with van der Waals surface area (Å²) in [4.78, 5) is 23.0. The van der Waals surface area contributed by atoms with Gasteiger partial charge in [-0.25, -0.2) is 9.97 Å². The Labute approximate surface area is 135 Å². The summed E-state index contributed by atoms with van der Waals surface area (Å²) in [6.45, 7) is 0. The third-order valence-corrected chi connectivity index (χ3v) is 3.86. The molecule has 1 N–H and O–H groups in total. The molecule has 0 radical (unpaired) electrons. The first-order chi connectivity index (χ1) is 11.6. The minimum absolute atomic E-state index is 0.0508. The van der Waals surface area contributed by atoms with Crippen LogP contribution in [0.25, 0.3) is 21.9 Å². The molecule has 8 heteroatoms. The van der Waals surface area contributed by atoms with Crippen molar-refractivity contribution < 1.29 is 4.92 Å².